The van der Waals surface area contributed by atoms with Gasteiger partial charge in [0.2, 0.25) is 0 Å². The van der Waals surface area contributed by atoms with Gasteiger partial charge in [-0.2, -0.15) is 0 Å². The van der Waals surface area contributed by atoms with Crippen LogP contribution in [0.4, 0.5) is 0 Å². The third-order valence-electron chi connectivity index (χ3n) is 11.7. The number of unbranched alkanes of at least 4 members (excludes halogenated alkanes) is 6. The van der Waals surface area contributed by atoms with E-state index in [0.29, 0.717) is 0 Å². The minimum atomic E-state index is 0.222. The molecule has 0 amide bonds. The Labute approximate surface area is 271 Å². The molecule has 3 heterocycles. The normalized spacial score (nSPS) is 32.2. The highest BCUT2D eigenvalue weighted by atomic mass is 15.1. The molecule has 3 atom stereocenters. The molecule has 3 rings (SSSR count). The first-order chi connectivity index (χ1) is 19.7. The van der Waals surface area contributed by atoms with Gasteiger partial charge in [-0.25, -0.2) is 0 Å². The molecular formula is C40H79N3. The van der Waals surface area contributed by atoms with Crippen molar-refractivity contribution in [3.63, 3.8) is 0 Å². The quantitative estimate of drug-likeness (QED) is 0.195. The SMILES string of the molecule is CC1(C)CCC(CCCCCCCCCC(C2CCC(C)(C)NC(C)(C)C2)C2CCC(C)(C)NC(C)(C)C2)CC(C)(C)N1. The second-order valence-corrected chi connectivity index (χ2v) is 20.0. The van der Waals surface area contributed by atoms with E-state index < -0.39 is 0 Å². The fourth-order valence-corrected chi connectivity index (χ4v) is 10.6. The predicted octanol–water partition coefficient (Wildman–Crippen LogP) is 11.0. The standard InChI is InChI=1S/C40H79N3/c1-35(2)25-22-31(28-38(7,8)41-35)20-18-16-14-13-15-17-19-21-34(32-23-26-36(3,4)42-39(9,10)29-32)33-24-27-37(5,6)43-40(11,12)30-33/h31-34,41-43H,13-30H2,1-12H3. The number of hydrogen-bond donors (Lipinski definition) is 3. The minimum absolute atomic E-state index is 0.222. The van der Waals surface area contributed by atoms with Gasteiger partial charge in [0, 0.05) is 33.2 Å². The van der Waals surface area contributed by atoms with Crippen molar-refractivity contribution in [2.24, 2.45) is 23.7 Å². The lowest BCUT2D eigenvalue weighted by molar-refractivity contribution is 0.137. The van der Waals surface area contributed by atoms with E-state index in [-0.39, 0.29) is 33.2 Å². The van der Waals surface area contributed by atoms with Gasteiger partial charge in [-0.15, -0.1) is 0 Å². The molecule has 0 saturated carbocycles. The van der Waals surface area contributed by atoms with E-state index in [1.54, 1.807) is 0 Å². The maximum atomic E-state index is 4.04. The van der Waals surface area contributed by atoms with E-state index in [9.17, 15) is 0 Å². The summed E-state index contributed by atoms with van der Waals surface area (Å²) in [6, 6.07) is 0. The van der Waals surface area contributed by atoms with Crippen molar-refractivity contribution in [3.05, 3.63) is 0 Å². The third-order valence-corrected chi connectivity index (χ3v) is 11.7. The van der Waals surface area contributed by atoms with Crippen LogP contribution in [-0.2, 0) is 0 Å². The molecule has 3 nitrogen and oxygen atoms in total. The molecule has 0 spiro atoms. The van der Waals surface area contributed by atoms with Gasteiger partial charge in [0.1, 0.15) is 0 Å². The van der Waals surface area contributed by atoms with Gasteiger partial charge in [-0.3, -0.25) is 0 Å². The second kappa shape index (κ2) is 14.8. The average Bonchev–Trinajstić information content (AvgIpc) is 3.06. The van der Waals surface area contributed by atoms with Crippen LogP contribution in [-0.4, -0.2) is 33.2 Å². The summed E-state index contributed by atoms with van der Waals surface area (Å²) in [7, 11) is 0. The van der Waals surface area contributed by atoms with E-state index in [1.165, 1.54) is 116 Å². The molecule has 0 aromatic carbocycles. The van der Waals surface area contributed by atoms with Crippen molar-refractivity contribution < 1.29 is 0 Å². The molecule has 0 radical (unpaired) electrons. The van der Waals surface area contributed by atoms with Crippen molar-refractivity contribution in [2.75, 3.05) is 0 Å². The van der Waals surface area contributed by atoms with Gasteiger partial charge >= 0.3 is 0 Å². The summed E-state index contributed by atoms with van der Waals surface area (Å²) >= 11 is 0. The molecule has 43 heavy (non-hydrogen) atoms. The van der Waals surface area contributed by atoms with Crippen LogP contribution in [0, 0.1) is 23.7 Å². The predicted molar refractivity (Wildman–Crippen MR) is 191 cm³/mol. The maximum absolute atomic E-state index is 4.04. The van der Waals surface area contributed by atoms with E-state index in [4.69, 9.17) is 0 Å². The monoisotopic (exact) mass is 602 g/mol. The highest BCUT2D eigenvalue weighted by Gasteiger charge is 2.42. The van der Waals surface area contributed by atoms with Crippen molar-refractivity contribution in [1.82, 2.24) is 16.0 Å². The fourth-order valence-electron chi connectivity index (χ4n) is 10.6. The summed E-state index contributed by atoms with van der Waals surface area (Å²) < 4.78 is 0. The number of rotatable bonds is 12. The first-order valence-corrected chi connectivity index (χ1v) is 19.1. The van der Waals surface area contributed by atoms with E-state index >= 15 is 0 Å². The molecule has 3 unspecified atom stereocenters. The van der Waals surface area contributed by atoms with Gasteiger partial charge in [0.05, 0.1) is 0 Å². The van der Waals surface area contributed by atoms with Crippen molar-refractivity contribution in [3.8, 4) is 0 Å². The topological polar surface area (TPSA) is 36.1 Å². The third kappa shape index (κ3) is 13.3. The summed E-state index contributed by atoms with van der Waals surface area (Å²) in [5.74, 6) is 3.47. The van der Waals surface area contributed by atoms with E-state index in [1.807, 2.05) is 0 Å². The highest BCUT2D eigenvalue weighted by molar-refractivity contribution is 5.00. The summed E-state index contributed by atoms with van der Waals surface area (Å²) in [4.78, 5) is 0. The molecule has 3 aliphatic heterocycles. The van der Waals surface area contributed by atoms with Gasteiger partial charge in [-0.1, -0.05) is 51.4 Å². The highest BCUT2D eigenvalue weighted by Crippen LogP contribution is 2.45. The Morgan fingerprint density at radius 2 is 0.814 bits per heavy atom. The zero-order valence-electron chi connectivity index (χ0n) is 31.5. The molecule has 3 aliphatic rings. The summed E-state index contributed by atoms with van der Waals surface area (Å²) in [5, 5.41) is 12.0. The van der Waals surface area contributed by atoms with E-state index in [2.05, 4.69) is 99.0 Å². The molecule has 254 valence electrons. The van der Waals surface area contributed by atoms with Gasteiger partial charge in [0.25, 0.3) is 0 Å². The molecule has 3 N–H and O–H groups in total. The lowest BCUT2D eigenvalue weighted by Crippen LogP contribution is -2.51. The Morgan fingerprint density at radius 1 is 0.442 bits per heavy atom. The van der Waals surface area contributed by atoms with Crippen LogP contribution in [0.25, 0.3) is 0 Å². The van der Waals surface area contributed by atoms with Crippen LogP contribution in [0.1, 0.15) is 199 Å². The van der Waals surface area contributed by atoms with Crippen LogP contribution in [0.3, 0.4) is 0 Å². The van der Waals surface area contributed by atoms with Gasteiger partial charge in [-0.05, 0) is 171 Å². The molecule has 0 aromatic heterocycles. The Hall–Kier alpha value is -0.120. The minimum Gasteiger partial charge on any atom is -0.307 e. The summed E-state index contributed by atoms with van der Waals surface area (Å²) in [6.45, 7) is 29.2. The Bertz CT molecular complexity index is 795. The van der Waals surface area contributed by atoms with Gasteiger partial charge < -0.3 is 16.0 Å². The molecule has 0 aromatic rings. The number of nitrogens with one attached hydrogen (secondary N) is 3. The second-order valence-electron chi connectivity index (χ2n) is 20.0. The maximum Gasteiger partial charge on any atom is 0.0132 e. The average molecular weight is 602 g/mol. The van der Waals surface area contributed by atoms with Crippen molar-refractivity contribution in [1.29, 1.82) is 0 Å². The lowest BCUT2D eigenvalue weighted by atomic mass is 9.68. The molecular weight excluding hydrogens is 522 g/mol. The first kappa shape index (κ1) is 37.3. The number of hydrogen-bond acceptors (Lipinski definition) is 3. The fraction of sp³-hybridized carbons (Fsp3) is 1.00. The van der Waals surface area contributed by atoms with Crippen LogP contribution in [0.2, 0.25) is 0 Å². The largest absolute Gasteiger partial charge is 0.307 e. The molecule has 0 aliphatic carbocycles. The first-order valence-electron chi connectivity index (χ1n) is 19.1. The Kier molecular flexibility index (Phi) is 12.8. The van der Waals surface area contributed by atoms with Crippen LogP contribution >= 0.6 is 0 Å². The lowest BCUT2D eigenvalue weighted by Gasteiger charge is -2.40. The molecule has 0 bridgehead atoms. The van der Waals surface area contributed by atoms with Crippen molar-refractivity contribution >= 4 is 0 Å². The van der Waals surface area contributed by atoms with E-state index in [0.717, 1.165) is 23.7 Å². The summed E-state index contributed by atoms with van der Waals surface area (Å²) in [5.41, 5.74) is 1.50. The molecule has 3 saturated heterocycles. The Balaban J connectivity index is 1.48. The molecule has 3 fully saturated rings. The van der Waals surface area contributed by atoms with Gasteiger partial charge in [0.15, 0.2) is 0 Å². The zero-order valence-corrected chi connectivity index (χ0v) is 31.5. The van der Waals surface area contributed by atoms with Crippen LogP contribution in [0.5, 0.6) is 0 Å². The zero-order chi connectivity index (χ0) is 32.2. The van der Waals surface area contributed by atoms with Crippen LogP contribution in [0.15, 0.2) is 0 Å². The molecule has 3 heteroatoms. The van der Waals surface area contributed by atoms with Crippen LogP contribution < -0.4 is 16.0 Å². The smallest absolute Gasteiger partial charge is 0.0132 e. The summed E-state index contributed by atoms with van der Waals surface area (Å²) in [6.07, 6.45) is 25.1. The Morgan fingerprint density at radius 3 is 1.28 bits per heavy atom. The van der Waals surface area contributed by atoms with Crippen molar-refractivity contribution in [2.45, 2.75) is 232 Å².